The minimum absolute atomic E-state index is 0.0329. The van der Waals surface area contributed by atoms with E-state index in [9.17, 15) is 9.59 Å². The van der Waals surface area contributed by atoms with Gasteiger partial charge in [-0.1, -0.05) is 0 Å². The van der Waals surface area contributed by atoms with Crippen LogP contribution < -0.4 is 15.4 Å². The van der Waals surface area contributed by atoms with Crippen molar-refractivity contribution >= 4 is 17.4 Å². The summed E-state index contributed by atoms with van der Waals surface area (Å²) in [5.74, 6) is 0.823. The molecule has 5 nitrogen and oxygen atoms in total. The SMILES string of the molecule is N[C@@H]1CC(=O)N(c2ccc3c(c2)CC(=O)CO3)C1. The first-order chi connectivity index (χ1) is 8.63. The molecule has 94 valence electrons. The van der Waals surface area contributed by atoms with Crippen LogP contribution >= 0.6 is 0 Å². The van der Waals surface area contributed by atoms with Crippen molar-refractivity contribution in [3.8, 4) is 5.75 Å². The van der Waals surface area contributed by atoms with Gasteiger partial charge in [0.15, 0.2) is 5.78 Å². The van der Waals surface area contributed by atoms with Gasteiger partial charge in [-0.2, -0.15) is 0 Å². The van der Waals surface area contributed by atoms with Crippen molar-refractivity contribution in [2.45, 2.75) is 18.9 Å². The summed E-state index contributed by atoms with van der Waals surface area (Å²) >= 11 is 0. The molecule has 1 aromatic rings. The Bertz CT molecular complexity index is 527. The van der Waals surface area contributed by atoms with Crippen LogP contribution in [0.4, 0.5) is 5.69 Å². The summed E-state index contributed by atoms with van der Waals surface area (Å²) in [5, 5.41) is 0. The molecule has 3 rings (SSSR count). The predicted molar refractivity (Wildman–Crippen MR) is 65.6 cm³/mol. The van der Waals surface area contributed by atoms with Crippen LogP contribution in [0.2, 0.25) is 0 Å². The van der Waals surface area contributed by atoms with Gasteiger partial charge < -0.3 is 15.4 Å². The highest BCUT2D eigenvalue weighted by molar-refractivity contribution is 5.96. The lowest BCUT2D eigenvalue weighted by Crippen LogP contribution is -2.28. The Morgan fingerprint density at radius 3 is 2.89 bits per heavy atom. The predicted octanol–water partition coefficient (Wildman–Crippen LogP) is 0.255. The topological polar surface area (TPSA) is 72.6 Å². The molecule has 0 aliphatic carbocycles. The summed E-state index contributed by atoms with van der Waals surface area (Å²) in [6, 6.07) is 5.40. The van der Waals surface area contributed by atoms with E-state index >= 15 is 0 Å². The van der Waals surface area contributed by atoms with Gasteiger partial charge in [0.1, 0.15) is 12.4 Å². The summed E-state index contributed by atoms with van der Waals surface area (Å²) in [5.41, 5.74) is 7.41. The molecule has 0 unspecified atom stereocenters. The number of hydrogen-bond donors (Lipinski definition) is 1. The number of nitrogens with two attached hydrogens (primary N) is 1. The minimum Gasteiger partial charge on any atom is -0.486 e. The monoisotopic (exact) mass is 246 g/mol. The first kappa shape index (κ1) is 11.2. The number of benzene rings is 1. The summed E-state index contributed by atoms with van der Waals surface area (Å²) in [7, 11) is 0. The number of rotatable bonds is 1. The number of amides is 1. The van der Waals surface area contributed by atoms with E-state index in [2.05, 4.69) is 0 Å². The molecule has 0 radical (unpaired) electrons. The summed E-state index contributed by atoms with van der Waals surface area (Å²) in [6.45, 7) is 0.673. The molecule has 1 amide bonds. The third-order valence-corrected chi connectivity index (χ3v) is 3.29. The average molecular weight is 246 g/mol. The van der Waals surface area contributed by atoms with Crippen molar-refractivity contribution in [1.29, 1.82) is 0 Å². The van der Waals surface area contributed by atoms with Gasteiger partial charge >= 0.3 is 0 Å². The first-order valence-corrected chi connectivity index (χ1v) is 5.97. The van der Waals surface area contributed by atoms with E-state index in [1.165, 1.54) is 0 Å². The van der Waals surface area contributed by atoms with E-state index in [0.717, 1.165) is 17.0 Å². The van der Waals surface area contributed by atoms with Crippen molar-refractivity contribution in [3.05, 3.63) is 23.8 Å². The van der Waals surface area contributed by atoms with Crippen LogP contribution in [0.3, 0.4) is 0 Å². The Kier molecular flexibility index (Phi) is 2.56. The fourth-order valence-corrected chi connectivity index (χ4v) is 2.42. The maximum Gasteiger partial charge on any atom is 0.228 e. The number of nitrogens with zero attached hydrogens (tertiary/aromatic N) is 1. The minimum atomic E-state index is -0.105. The Labute approximate surface area is 105 Å². The van der Waals surface area contributed by atoms with E-state index in [1.54, 1.807) is 4.90 Å². The Morgan fingerprint density at radius 2 is 2.17 bits per heavy atom. The lowest BCUT2D eigenvalue weighted by molar-refractivity contribution is -0.121. The molecule has 1 saturated heterocycles. The average Bonchev–Trinajstić information content (AvgIpc) is 2.67. The molecular weight excluding hydrogens is 232 g/mol. The van der Waals surface area contributed by atoms with Crippen LogP contribution in [0.25, 0.3) is 0 Å². The first-order valence-electron chi connectivity index (χ1n) is 5.97. The molecule has 1 atom stereocenters. The smallest absolute Gasteiger partial charge is 0.228 e. The van der Waals surface area contributed by atoms with Crippen LogP contribution in [0.5, 0.6) is 5.75 Å². The van der Waals surface area contributed by atoms with Gasteiger partial charge in [-0.3, -0.25) is 9.59 Å². The summed E-state index contributed by atoms with van der Waals surface area (Å²) in [6.07, 6.45) is 0.754. The quantitative estimate of drug-likeness (QED) is 0.771. The van der Waals surface area contributed by atoms with Crippen LogP contribution in [0, 0.1) is 0 Å². The van der Waals surface area contributed by atoms with E-state index in [4.69, 9.17) is 10.5 Å². The molecule has 5 heteroatoms. The summed E-state index contributed by atoms with van der Waals surface area (Å²) in [4.78, 5) is 24.8. The number of hydrogen-bond acceptors (Lipinski definition) is 4. The molecular formula is C13H14N2O3. The van der Waals surface area contributed by atoms with Crippen molar-refractivity contribution in [2.75, 3.05) is 18.1 Å². The zero-order valence-corrected chi connectivity index (χ0v) is 9.89. The van der Waals surface area contributed by atoms with Crippen LogP contribution in [0.1, 0.15) is 12.0 Å². The molecule has 0 bridgehead atoms. The molecule has 2 N–H and O–H groups in total. The largest absolute Gasteiger partial charge is 0.486 e. The standard InChI is InChI=1S/C13H14N2O3/c14-9-5-13(17)15(6-9)10-1-2-12-8(3-10)4-11(16)7-18-12/h1-3,9H,4-7,14H2/t9-/m1/s1. The molecule has 0 spiro atoms. The van der Waals surface area contributed by atoms with Gasteiger partial charge in [0.05, 0.1) is 0 Å². The molecule has 2 aliphatic rings. The van der Waals surface area contributed by atoms with Crippen LogP contribution in [0.15, 0.2) is 18.2 Å². The molecule has 1 aromatic carbocycles. The molecule has 2 heterocycles. The van der Waals surface area contributed by atoms with E-state index < -0.39 is 0 Å². The highest BCUT2D eigenvalue weighted by Gasteiger charge is 2.29. The highest BCUT2D eigenvalue weighted by atomic mass is 16.5. The van der Waals surface area contributed by atoms with Gasteiger partial charge in [-0.15, -0.1) is 0 Å². The zero-order valence-electron chi connectivity index (χ0n) is 9.89. The van der Waals surface area contributed by atoms with Crippen molar-refractivity contribution < 1.29 is 14.3 Å². The second-order valence-corrected chi connectivity index (χ2v) is 4.76. The maximum absolute atomic E-state index is 11.8. The highest BCUT2D eigenvalue weighted by Crippen LogP contribution is 2.30. The van der Waals surface area contributed by atoms with Gasteiger partial charge in [-0.25, -0.2) is 0 Å². The number of anilines is 1. The van der Waals surface area contributed by atoms with E-state index in [-0.39, 0.29) is 24.3 Å². The summed E-state index contributed by atoms with van der Waals surface area (Å²) < 4.78 is 5.32. The van der Waals surface area contributed by atoms with Crippen LogP contribution in [-0.2, 0) is 16.0 Å². The maximum atomic E-state index is 11.8. The number of carbonyl (C=O) groups is 2. The number of Topliss-reactive ketones (excluding diaryl/α,β-unsaturated/α-hetero) is 1. The normalized spacial score (nSPS) is 22.9. The lowest BCUT2D eigenvalue weighted by Gasteiger charge is -2.21. The lowest BCUT2D eigenvalue weighted by atomic mass is 10.0. The van der Waals surface area contributed by atoms with Gasteiger partial charge in [-0.05, 0) is 18.2 Å². The Hall–Kier alpha value is -1.88. The van der Waals surface area contributed by atoms with Crippen molar-refractivity contribution in [2.24, 2.45) is 5.73 Å². The molecule has 1 fully saturated rings. The van der Waals surface area contributed by atoms with E-state index in [0.29, 0.717) is 19.4 Å². The van der Waals surface area contributed by atoms with Gasteiger partial charge in [0.25, 0.3) is 0 Å². The third kappa shape index (κ3) is 1.86. The number of fused-ring (bicyclic) bond motifs is 1. The Morgan fingerprint density at radius 1 is 1.33 bits per heavy atom. The van der Waals surface area contributed by atoms with Gasteiger partial charge in [0.2, 0.25) is 5.91 Å². The molecule has 2 aliphatic heterocycles. The van der Waals surface area contributed by atoms with Gasteiger partial charge in [0, 0.05) is 36.7 Å². The number of carbonyl (C=O) groups excluding carboxylic acids is 2. The van der Waals surface area contributed by atoms with Crippen LogP contribution in [-0.4, -0.2) is 30.9 Å². The van der Waals surface area contributed by atoms with E-state index in [1.807, 2.05) is 18.2 Å². The number of ketones is 1. The number of ether oxygens (including phenoxy) is 1. The van der Waals surface area contributed by atoms with Crippen molar-refractivity contribution in [3.63, 3.8) is 0 Å². The third-order valence-electron chi connectivity index (χ3n) is 3.29. The zero-order chi connectivity index (χ0) is 12.7. The van der Waals surface area contributed by atoms with Crippen molar-refractivity contribution in [1.82, 2.24) is 0 Å². The fourth-order valence-electron chi connectivity index (χ4n) is 2.42. The molecule has 0 aromatic heterocycles. The second kappa shape index (κ2) is 4.10. The second-order valence-electron chi connectivity index (χ2n) is 4.76. The molecule has 18 heavy (non-hydrogen) atoms. The Balaban J connectivity index is 1.92. The fraction of sp³-hybridized carbons (Fsp3) is 0.385. The molecule has 0 saturated carbocycles.